The van der Waals surface area contributed by atoms with E-state index in [1.807, 2.05) is 53.4 Å². The lowest BCUT2D eigenvalue weighted by molar-refractivity contribution is -0.117. The summed E-state index contributed by atoms with van der Waals surface area (Å²) in [5.41, 5.74) is 2.48. The number of ether oxygens (including phenoxy) is 1. The molecule has 1 heterocycles. The van der Waals surface area contributed by atoms with Crippen LogP contribution in [0.1, 0.15) is 38.2 Å². The Labute approximate surface area is 177 Å². The molecule has 6 nitrogen and oxygen atoms in total. The van der Waals surface area contributed by atoms with Gasteiger partial charge in [0, 0.05) is 31.2 Å². The fourth-order valence-electron chi connectivity index (χ4n) is 4.09. The van der Waals surface area contributed by atoms with Gasteiger partial charge in [-0.3, -0.25) is 4.79 Å². The number of carbonyl (C=O) groups is 2. The third-order valence-corrected chi connectivity index (χ3v) is 6.05. The van der Waals surface area contributed by atoms with Gasteiger partial charge in [-0.05, 0) is 55.9 Å². The van der Waals surface area contributed by atoms with E-state index >= 15 is 0 Å². The maximum atomic E-state index is 13.2. The molecule has 0 spiro atoms. The molecule has 1 aliphatic carbocycles. The second-order valence-corrected chi connectivity index (χ2v) is 8.16. The van der Waals surface area contributed by atoms with Gasteiger partial charge < -0.3 is 19.9 Å². The molecule has 6 heteroatoms. The van der Waals surface area contributed by atoms with Crippen molar-refractivity contribution in [1.82, 2.24) is 4.90 Å². The number of rotatable bonds is 7. The summed E-state index contributed by atoms with van der Waals surface area (Å²) >= 11 is 0. The molecule has 2 fully saturated rings. The fraction of sp³-hybridized carbons (Fsp3) is 0.417. The van der Waals surface area contributed by atoms with Gasteiger partial charge in [-0.25, -0.2) is 4.79 Å². The van der Waals surface area contributed by atoms with Crippen LogP contribution in [-0.2, 0) is 11.3 Å². The summed E-state index contributed by atoms with van der Waals surface area (Å²) in [6, 6.07) is 15.6. The van der Waals surface area contributed by atoms with Gasteiger partial charge in [-0.2, -0.15) is 0 Å². The number of nitrogens with one attached hydrogen (secondary N) is 1. The number of carbonyl (C=O) groups excluding carboxylic acids is 2. The van der Waals surface area contributed by atoms with Crippen LogP contribution in [0.5, 0.6) is 5.75 Å². The summed E-state index contributed by atoms with van der Waals surface area (Å²) in [6.07, 6.45) is 3.72. The molecular formula is C24H29N3O3. The van der Waals surface area contributed by atoms with Crippen molar-refractivity contribution in [2.75, 3.05) is 23.9 Å². The average molecular weight is 408 g/mol. The van der Waals surface area contributed by atoms with Crippen LogP contribution in [0, 0.1) is 5.92 Å². The monoisotopic (exact) mass is 407 g/mol. The highest BCUT2D eigenvalue weighted by Gasteiger charge is 2.34. The Balaban J connectivity index is 1.55. The Morgan fingerprint density at radius 2 is 2.00 bits per heavy atom. The number of benzene rings is 2. The van der Waals surface area contributed by atoms with Crippen molar-refractivity contribution in [3.8, 4) is 5.75 Å². The lowest BCUT2D eigenvalue weighted by Gasteiger charge is -2.30. The number of anilines is 2. The molecule has 1 unspecified atom stereocenters. The minimum atomic E-state index is -0.123. The fourth-order valence-corrected chi connectivity index (χ4v) is 4.09. The maximum absolute atomic E-state index is 13.2. The first kappa shape index (κ1) is 20.3. The molecule has 1 N–H and O–H groups in total. The molecular weight excluding hydrogens is 378 g/mol. The third kappa shape index (κ3) is 4.42. The Bertz CT molecular complexity index is 911. The summed E-state index contributed by atoms with van der Waals surface area (Å²) in [5, 5.41) is 3.05. The molecule has 0 radical (unpaired) electrons. The number of nitrogens with zero attached hydrogens (tertiary/aromatic N) is 2. The van der Waals surface area contributed by atoms with Crippen molar-refractivity contribution >= 4 is 23.3 Å². The standard InChI is InChI=1S/C24H29N3O3/c1-17(19-10-11-19)27(16-18-7-4-3-5-8-18)24(29)25-20-12-13-22(30-2)21(15-20)26-14-6-9-23(26)28/h3-5,7-8,12-13,15,17,19H,6,9-11,14,16H2,1-2H3,(H,25,29). The topological polar surface area (TPSA) is 61.9 Å². The largest absolute Gasteiger partial charge is 0.495 e. The molecule has 158 valence electrons. The van der Waals surface area contributed by atoms with Crippen molar-refractivity contribution in [1.29, 1.82) is 0 Å². The van der Waals surface area contributed by atoms with E-state index in [2.05, 4.69) is 12.2 Å². The van der Waals surface area contributed by atoms with Crippen molar-refractivity contribution in [3.63, 3.8) is 0 Å². The zero-order valence-electron chi connectivity index (χ0n) is 17.6. The van der Waals surface area contributed by atoms with Gasteiger partial charge >= 0.3 is 6.03 Å². The molecule has 30 heavy (non-hydrogen) atoms. The van der Waals surface area contributed by atoms with Gasteiger partial charge in [0.1, 0.15) is 5.75 Å². The van der Waals surface area contributed by atoms with Gasteiger partial charge in [0.15, 0.2) is 0 Å². The predicted molar refractivity (Wildman–Crippen MR) is 118 cm³/mol. The summed E-state index contributed by atoms with van der Waals surface area (Å²) in [5.74, 6) is 1.29. The number of urea groups is 1. The Morgan fingerprint density at radius 1 is 1.23 bits per heavy atom. The maximum Gasteiger partial charge on any atom is 0.322 e. The Hall–Kier alpha value is -3.02. The van der Waals surface area contributed by atoms with Gasteiger partial charge in [-0.15, -0.1) is 0 Å². The molecule has 1 aliphatic heterocycles. The van der Waals surface area contributed by atoms with E-state index < -0.39 is 0 Å². The van der Waals surface area contributed by atoms with Crippen molar-refractivity contribution in [2.45, 2.75) is 45.2 Å². The van der Waals surface area contributed by atoms with Crippen molar-refractivity contribution in [2.24, 2.45) is 5.92 Å². The van der Waals surface area contributed by atoms with Crippen LogP contribution < -0.4 is 15.0 Å². The normalized spacial score (nSPS) is 17.0. The summed E-state index contributed by atoms with van der Waals surface area (Å²) < 4.78 is 5.45. The Morgan fingerprint density at radius 3 is 2.63 bits per heavy atom. The summed E-state index contributed by atoms with van der Waals surface area (Å²) in [6.45, 7) is 3.37. The molecule has 2 aliphatic rings. The quantitative estimate of drug-likeness (QED) is 0.726. The predicted octanol–water partition coefficient (Wildman–Crippen LogP) is 4.65. The van der Waals surface area contributed by atoms with E-state index in [0.717, 1.165) is 12.0 Å². The second-order valence-electron chi connectivity index (χ2n) is 8.16. The van der Waals surface area contributed by atoms with Crippen LogP contribution >= 0.6 is 0 Å². The minimum absolute atomic E-state index is 0.0878. The second kappa shape index (κ2) is 8.78. The molecule has 1 saturated carbocycles. The van der Waals surface area contributed by atoms with E-state index in [-0.39, 0.29) is 18.0 Å². The minimum Gasteiger partial charge on any atom is -0.495 e. The van der Waals surface area contributed by atoms with E-state index in [0.29, 0.717) is 42.6 Å². The number of methoxy groups -OCH3 is 1. The van der Waals surface area contributed by atoms with E-state index in [1.165, 1.54) is 12.8 Å². The molecule has 1 saturated heterocycles. The van der Waals surface area contributed by atoms with Gasteiger partial charge in [0.25, 0.3) is 0 Å². The van der Waals surface area contributed by atoms with Gasteiger partial charge in [0.05, 0.1) is 12.8 Å². The van der Waals surface area contributed by atoms with Crippen LogP contribution in [0.4, 0.5) is 16.2 Å². The first-order chi connectivity index (χ1) is 14.6. The molecule has 3 amide bonds. The smallest absolute Gasteiger partial charge is 0.322 e. The van der Waals surface area contributed by atoms with E-state index in [1.54, 1.807) is 12.0 Å². The van der Waals surface area contributed by atoms with E-state index in [9.17, 15) is 9.59 Å². The molecule has 0 aromatic heterocycles. The van der Waals surface area contributed by atoms with Crippen LogP contribution in [-0.4, -0.2) is 36.5 Å². The third-order valence-electron chi connectivity index (χ3n) is 6.05. The SMILES string of the molecule is COc1ccc(NC(=O)N(Cc2ccccc2)C(C)C2CC2)cc1N1CCCC1=O. The average Bonchev–Trinajstić information content (AvgIpc) is 3.53. The van der Waals surface area contributed by atoms with Crippen LogP contribution in [0.3, 0.4) is 0 Å². The molecule has 2 aromatic carbocycles. The van der Waals surface area contributed by atoms with Crippen LogP contribution in [0.15, 0.2) is 48.5 Å². The lowest BCUT2D eigenvalue weighted by atomic mass is 10.1. The van der Waals surface area contributed by atoms with Crippen molar-refractivity contribution in [3.05, 3.63) is 54.1 Å². The number of hydrogen-bond acceptors (Lipinski definition) is 3. The highest BCUT2D eigenvalue weighted by Crippen LogP contribution is 2.37. The zero-order valence-corrected chi connectivity index (χ0v) is 17.6. The molecule has 1 atom stereocenters. The van der Waals surface area contributed by atoms with E-state index in [4.69, 9.17) is 4.74 Å². The zero-order chi connectivity index (χ0) is 21.1. The van der Waals surface area contributed by atoms with Gasteiger partial charge in [0.2, 0.25) is 5.91 Å². The summed E-state index contributed by atoms with van der Waals surface area (Å²) in [4.78, 5) is 29.1. The lowest BCUT2D eigenvalue weighted by Crippen LogP contribution is -2.42. The number of amides is 3. The summed E-state index contributed by atoms with van der Waals surface area (Å²) in [7, 11) is 1.59. The highest BCUT2D eigenvalue weighted by molar-refractivity contribution is 5.98. The number of hydrogen-bond donors (Lipinski definition) is 1. The molecule has 2 aromatic rings. The first-order valence-electron chi connectivity index (χ1n) is 10.7. The van der Waals surface area contributed by atoms with Crippen molar-refractivity contribution < 1.29 is 14.3 Å². The first-order valence-corrected chi connectivity index (χ1v) is 10.7. The van der Waals surface area contributed by atoms with Crippen LogP contribution in [0.25, 0.3) is 0 Å². The van der Waals surface area contributed by atoms with Gasteiger partial charge in [-0.1, -0.05) is 30.3 Å². The highest BCUT2D eigenvalue weighted by atomic mass is 16.5. The molecule has 0 bridgehead atoms. The van der Waals surface area contributed by atoms with Crippen LogP contribution in [0.2, 0.25) is 0 Å². The molecule has 4 rings (SSSR count). The Kier molecular flexibility index (Phi) is 5.93.